The van der Waals surface area contributed by atoms with Crippen molar-refractivity contribution in [1.29, 1.82) is 0 Å². The number of amides is 1. The second-order valence-electron chi connectivity index (χ2n) is 5.45. The van der Waals surface area contributed by atoms with E-state index in [1.54, 1.807) is 6.07 Å². The predicted octanol–water partition coefficient (Wildman–Crippen LogP) is 1.88. The summed E-state index contributed by atoms with van der Waals surface area (Å²) in [5.41, 5.74) is 0.401. The van der Waals surface area contributed by atoms with Crippen LogP contribution in [0.1, 0.15) is 15.9 Å². The lowest BCUT2D eigenvalue weighted by Crippen LogP contribution is -2.24. The average Bonchev–Trinajstić information content (AvgIpc) is 2.64. The number of hydrogen-bond donors (Lipinski definition) is 2. The van der Waals surface area contributed by atoms with E-state index in [2.05, 4.69) is 10.1 Å². The maximum absolute atomic E-state index is 12.5. The number of benzene rings is 2. The normalized spacial score (nSPS) is 11.2. The average molecular weight is 416 g/mol. The number of nitrogens with two attached hydrogens (primary N) is 1. The van der Waals surface area contributed by atoms with E-state index in [0.29, 0.717) is 5.56 Å². The summed E-state index contributed by atoms with van der Waals surface area (Å²) in [5, 5.41) is 7.63. The van der Waals surface area contributed by atoms with E-state index in [1.807, 2.05) is 0 Å². The SMILES string of the molecule is COc1ccc(CNC(=O)c2cc(S(N)(=O)=O)ccc2OC)cc1OC(F)F. The standard InChI is InChI=1S/C17H18F2N2O6S/c1-25-13-6-4-11(28(20,23)24)8-12(13)16(22)21-9-10-3-5-14(26-2)15(7-10)27-17(18)19/h3-8,17H,9H2,1-2H3,(H,21,22)(H2,20,23,24). The van der Waals surface area contributed by atoms with E-state index < -0.39 is 22.5 Å². The minimum absolute atomic E-state index is 0.0495. The second kappa shape index (κ2) is 8.85. The third kappa shape index (κ3) is 5.30. The van der Waals surface area contributed by atoms with Gasteiger partial charge >= 0.3 is 6.61 Å². The molecule has 28 heavy (non-hydrogen) atoms. The van der Waals surface area contributed by atoms with Gasteiger partial charge in [-0.15, -0.1) is 0 Å². The van der Waals surface area contributed by atoms with Crippen molar-refractivity contribution in [3.63, 3.8) is 0 Å². The van der Waals surface area contributed by atoms with Crippen LogP contribution < -0.4 is 24.7 Å². The van der Waals surface area contributed by atoms with Gasteiger partial charge in [0.1, 0.15) is 5.75 Å². The van der Waals surface area contributed by atoms with Crippen LogP contribution in [0.4, 0.5) is 8.78 Å². The number of rotatable bonds is 8. The highest BCUT2D eigenvalue weighted by Crippen LogP contribution is 2.29. The smallest absolute Gasteiger partial charge is 0.387 e. The van der Waals surface area contributed by atoms with E-state index in [9.17, 15) is 22.0 Å². The molecule has 0 aliphatic heterocycles. The lowest BCUT2D eigenvalue weighted by atomic mass is 10.1. The molecule has 0 bridgehead atoms. The number of hydrogen-bond acceptors (Lipinski definition) is 6. The number of ether oxygens (including phenoxy) is 3. The van der Waals surface area contributed by atoms with E-state index in [4.69, 9.17) is 14.6 Å². The maximum atomic E-state index is 12.5. The van der Waals surface area contributed by atoms with Gasteiger partial charge in [-0.25, -0.2) is 13.6 Å². The molecule has 2 rings (SSSR count). The Balaban J connectivity index is 2.22. The summed E-state index contributed by atoms with van der Waals surface area (Å²) in [4.78, 5) is 12.2. The van der Waals surface area contributed by atoms with E-state index in [1.165, 1.54) is 38.5 Å². The van der Waals surface area contributed by atoms with Crippen molar-refractivity contribution < 1.29 is 36.2 Å². The van der Waals surface area contributed by atoms with Gasteiger partial charge in [-0.2, -0.15) is 8.78 Å². The number of methoxy groups -OCH3 is 2. The van der Waals surface area contributed by atoms with Crippen molar-refractivity contribution in [1.82, 2.24) is 5.32 Å². The molecule has 0 aromatic heterocycles. The second-order valence-corrected chi connectivity index (χ2v) is 7.01. The van der Waals surface area contributed by atoms with Gasteiger partial charge in [-0.1, -0.05) is 6.07 Å². The largest absolute Gasteiger partial charge is 0.496 e. The molecule has 11 heteroatoms. The minimum Gasteiger partial charge on any atom is -0.496 e. The van der Waals surface area contributed by atoms with Crippen molar-refractivity contribution >= 4 is 15.9 Å². The Morgan fingerprint density at radius 1 is 1.07 bits per heavy atom. The zero-order valence-electron chi connectivity index (χ0n) is 14.9. The van der Waals surface area contributed by atoms with Crippen LogP contribution in [0.25, 0.3) is 0 Å². The van der Waals surface area contributed by atoms with Crippen LogP contribution >= 0.6 is 0 Å². The Kier molecular flexibility index (Phi) is 6.75. The van der Waals surface area contributed by atoms with E-state index >= 15 is 0 Å². The third-order valence-corrected chi connectivity index (χ3v) is 4.55. The fourth-order valence-corrected chi connectivity index (χ4v) is 2.88. The van der Waals surface area contributed by atoms with Crippen molar-refractivity contribution in [2.45, 2.75) is 18.1 Å². The Hall–Kier alpha value is -2.92. The molecule has 2 aromatic carbocycles. The van der Waals surface area contributed by atoms with E-state index in [0.717, 1.165) is 6.07 Å². The van der Waals surface area contributed by atoms with Crippen molar-refractivity contribution in [2.24, 2.45) is 5.14 Å². The molecule has 0 heterocycles. The first-order valence-corrected chi connectivity index (χ1v) is 9.31. The van der Waals surface area contributed by atoms with Crippen LogP contribution in [0, 0.1) is 0 Å². The highest BCUT2D eigenvalue weighted by molar-refractivity contribution is 7.89. The first-order valence-electron chi connectivity index (χ1n) is 7.76. The van der Waals surface area contributed by atoms with Gasteiger partial charge in [0.05, 0.1) is 24.7 Å². The Bertz CT molecular complexity index is 966. The molecule has 0 fully saturated rings. The number of primary sulfonamides is 1. The third-order valence-electron chi connectivity index (χ3n) is 3.64. The van der Waals surface area contributed by atoms with Gasteiger partial charge < -0.3 is 19.5 Å². The molecule has 0 radical (unpaired) electrons. The number of halogens is 2. The number of sulfonamides is 1. The van der Waals surface area contributed by atoms with Crippen LogP contribution in [0.3, 0.4) is 0 Å². The van der Waals surface area contributed by atoms with Gasteiger partial charge in [0, 0.05) is 6.54 Å². The summed E-state index contributed by atoms with van der Waals surface area (Å²) in [6.45, 7) is -3.09. The van der Waals surface area contributed by atoms with Gasteiger partial charge in [0.2, 0.25) is 10.0 Å². The molecule has 0 aliphatic carbocycles. The number of nitrogens with one attached hydrogen (secondary N) is 1. The highest BCUT2D eigenvalue weighted by Gasteiger charge is 2.18. The van der Waals surface area contributed by atoms with Crippen LogP contribution in [0.15, 0.2) is 41.3 Å². The fourth-order valence-electron chi connectivity index (χ4n) is 2.34. The molecule has 1 amide bonds. The summed E-state index contributed by atoms with van der Waals surface area (Å²) in [6, 6.07) is 7.86. The van der Waals surface area contributed by atoms with Crippen molar-refractivity contribution in [2.75, 3.05) is 14.2 Å². The summed E-state index contributed by atoms with van der Waals surface area (Å²) in [7, 11) is -1.39. The molecule has 0 atom stereocenters. The first-order chi connectivity index (χ1) is 13.2. The van der Waals surface area contributed by atoms with E-state index in [-0.39, 0.29) is 34.3 Å². The van der Waals surface area contributed by atoms with Crippen LogP contribution in [0.2, 0.25) is 0 Å². The number of carbonyl (C=O) groups is 1. The number of carbonyl (C=O) groups excluding carboxylic acids is 1. The molecule has 0 unspecified atom stereocenters. The lowest BCUT2D eigenvalue weighted by molar-refractivity contribution is -0.0512. The monoisotopic (exact) mass is 416 g/mol. The van der Waals surface area contributed by atoms with Gasteiger partial charge in [0.25, 0.3) is 5.91 Å². The zero-order valence-corrected chi connectivity index (χ0v) is 15.8. The maximum Gasteiger partial charge on any atom is 0.387 e. The first kappa shape index (κ1) is 21.4. The number of alkyl halides is 2. The van der Waals surface area contributed by atoms with Gasteiger partial charge in [-0.05, 0) is 35.9 Å². The molecule has 152 valence electrons. The molecule has 8 nitrogen and oxygen atoms in total. The molecule has 0 spiro atoms. The van der Waals surface area contributed by atoms with Crippen LogP contribution in [-0.2, 0) is 16.6 Å². The Labute approximate surface area is 160 Å². The molecular formula is C17H18F2N2O6S. The molecule has 3 N–H and O–H groups in total. The summed E-state index contributed by atoms with van der Waals surface area (Å²) in [6.07, 6.45) is 0. The quantitative estimate of drug-likeness (QED) is 0.679. The topological polar surface area (TPSA) is 117 Å². The van der Waals surface area contributed by atoms with Gasteiger partial charge in [-0.3, -0.25) is 4.79 Å². The lowest BCUT2D eigenvalue weighted by Gasteiger charge is -2.13. The predicted molar refractivity (Wildman–Crippen MR) is 95.2 cm³/mol. The molecule has 2 aromatic rings. The highest BCUT2D eigenvalue weighted by atomic mass is 32.2. The molecule has 0 saturated carbocycles. The Morgan fingerprint density at radius 2 is 1.71 bits per heavy atom. The van der Waals surface area contributed by atoms with Crippen LogP contribution in [0.5, 0.6) is 17.2 Å². The molecular weight excluding hydrogens is 398 g/mol. The van der Waals surface area contributed by atoms with Crippen LogP contribution in [-0.4, -0.2) is 35.2 Å². The zero-order chi connectivity index (χ0) is 20.9. The summed E-state index contributed by atoms with van der Waals surface area (Å²) >= 11 is 0. The summed E-state index contributed by atoms with van der Waals surface area (Å²) < 4.78 is 62.4. The Morgan fingerprint density at radius 3 is 2.29 bits per heavy atom. The van der Waals surface area contributed by atoms with Gasteiger partial charge in [0.15, 0.2) is 11.5 Å². The molecule has 0 saturated heterocycles. The minimum atomic E-state index is -4.01. The fraction of sp³-hybridized carbons (Fsp3) is 0.235. The summed E-state index contributed by atoms with van der Waals surface area (Å²) in [5.74, 6) is -0.577. The van der Waals surface area contributed by atoms with Crippen molar-refractivity contribution in [3.05, 3.63) is 47.5 Å². The molecule has 0 aliphatic rings. The van der Waals surface area contributed by atoms with Crippen molar-refractivity contribution in [3.8, 4) is 17.2 Å².